The number of ether oxygens (including phenoxy) is 1. The Morgan fingerprint density at radius 2 is 1.76 bits per heavy atom. The molecule has 0 bridgehead atoms. The van der Waals surface area contributed by atoms with Gasteiger partial charge < -0.3 is 9.64 Å². The summed E-state index contributed by atoms with van der Waals surface area (Å²) in [5.41, 5.74) is 0. The van der Waals surface area contributed by atoms with Crippen LogP contribution in [0, 0.1) is 0 Å². The lowest BCUT2D eigenvalue weighted by atomic mass is 10.3. The minimum atomic E-state index is 0.475. The van der Waals surface area contributed by atoms with Crippen molar-refractivity contribution in [3.05, 3.63) is 46.6 Å². The first-order chi connectivity index (χ1) is 12.0. The molecular weight excluding hydrogens is 357 g/mol. The first-order valence-electron chi connectivity index (χ1n) is 8.61. The molecule has 0 N–H and O–H groups in total. The zero-order chi connectivity index (χ0) is 17.8. The Labute approximate surface area is 159 Å². The highest BCUT2D eigenvalue weighted by Crippen LogP contribution is 2.29. The summed E-state index contributed by atoms with van der Waals surface area (Å²) in [5.74, 6) is 2.32. The summed E-state index contributed by atoms with van der Waals surface area (Å²) in [5, 5.41) is 0.988. The van der Waals surface area contributed by atoms with Crippen LogP contribution in [0.25, 0.3) is 0 Å². The zero-order valence-electron chi connectivity index (χ0n) is 14.6. The van der Waals surface area contributed by atoms with Gasteiger partial charge in [0.1, 0.15) is 17.3 Å². The third-order valence-electron chi connectivity index (χ3n) is 4.43. The molecule has 4 nitrogen and oxygen atoms in total. The van der Waals surface area contributed by atoms with Crippen LogP contribution in [-0.4, -0.2) is 42.1 Å². The van der Waals surface area contributed by atoms with E-state index < -0.39 is 0 Å². The number of benzene rings is 1. The average Bonchev–Trinajstić information content (AvgIpc) is 2.85. The lowest BCUT2D eigenvalue weighted by Crippen LogP contribution is -2.35. The van der Waals surface area contributed by atoms with E-state index in [4.69, 9.17) is 27.9 Å². The van der Waals surface area contributed by atoms with E-state index in [0.29, 0.717) is 27.6 Å². The summed E-state index contributed by atoms with van der Waals surface area (Å²) < 4.78 is 5.80. The Morgan fingerprint density at radius 1 is 0.960 bits per heavy atom. The number of pyridine rings is 1. The summed E-state index contributed by atoms with van der Waals surface area (Å²) in [6, 6.07) is 9.76. The molecule has 0 unspecified atom stereocenters. The Morgan fingerprint density at radius 3 is 2.44 bits per heavy atom. The second-order valence-electron chi connectivity index (χ2n) is 6.50. The number of nitrogens with zero attached hydrogens (tertiary/aromatic N) is 3. The Balaban J connectivity index is 1.64. The molecule has 1 aromatic heterocycles. The normalized spacial score (nSPS) is 16.1. The van der Waals surface area contributed by atoms with Gasteiger partial charge in [-0.15, -0.1) is 0 Å². The molecule has 0 radical (unpaired) electrons. The van der Waals surface area contributed by atoms with Crippen LogP contribution in [0.3, 0.4) is 0 Å². The maximum absolute atomic E-state index is 6.02. The van der Waals surface area contributed by atoms with Crippen LogP contribution in [0.2, 0.25) is 10.0 Å². The third-order valence-corrected chi connectivity index (χ3v) is 5.17. The summed E-state index contributed by atoms with van der Waals surface area (Å²) in [6.07, 6.45) is 2.91. The molecule has 2 heterocycles. The molecule has 1 saturated heterocycles. The Bertz CT molecular complexity index is 706. The van der Waals surface area contributed by atoms with Crippen LogP contribution in [0.1, 0.15) is 20.3 Å². The molecule has 0 amide bonds. The molecule has 0 aliphatic carbocycles. The first-order valence-corrected chi connectivity index (χ1v) is 9.36. The molecule has 1 aliphatic rings. The maximum atomic E-state index is 6.02. The van der Waals surface area contributed by atoms with Crippen molar-refractivity contribution in [2.75, 3.05) is 31.1 Å². The van der Waals surface area contributed by atoms with Crippen LogP contribution >= 0.6 is 23.2 Å². The molecule has 3 rings (SSSR count). The van der Waals surface area contributed by atoms with Gasteiger partial charge in [-0.2, -0.15) is 0 Å². The molecule has 1 aliphatic heterocycles. The van der Waals surface area contributed by atoms with Crippen LogP contribution in [0.15, 0.2) is 36.5 Å². The largest absolute Gasteiger partial charge is 0.456 e. The van der Waals surface area contributed by atoms with Crippen molar-refractivity contribution in [1.29, 1.82) is 0 Å². The number of hydrogen-bond donors (Lipinski definition) is 0. The minimum absolute atomic E-state index is 0.475. The number of hydrogen-bond acceptors (Lipinski definition) is 4. The third kappa shape index (κ3) is 4.78. The second kappa shape index (κ2) is 8.26. The fourth-order valence-corrected chi connectivity index (χ4v) is 3.27. The molecule has 1 fully saturated rings. The molecule has 134 valence electrons. The minimum Gasteiger partial charge on any atom is -0.456 e. The van der Waals surface area contributed by atoms with Crippen LogP contribution < -0.4 is 9.64 Å². The van der Waals surface area contributed by atoms with Crippen molar-refractivity contribution in [3.63, 3.8) is 0 Å². The van der Waals surface area contributed by atoms with Crippen molar-refractivity contribution in [1.82, 2.24) is 9.88 Å². The summed E-state index contributed by atoms with van der Waals surface area (Å²) >= 11 is 11.9. The van der Waals surface area contributed by atoms with E-state index in [2.05, 4.69) is 28.6 Å². The van der Waals surface area contributed by atoms with Gasteiger partial charge in [-0.25, -0.2) is 4.98 Å². The van der Waals surface area contributed by atoms with Gasteiger partial charge in [0.2, 0.25) is 0 Å². The molecule has 6 heteroatoms. The van der Waals surface area contributed by atoms with E-state index in [0.717, 1.165) is 38.4 Å². The molecule has 0 saturated carbocycles. The second-order valence-corrected chi connectivity index (χ2v) is 7.31. The lowest BCUT2D eigenvalue weighted by Gasteiger charge is -2.25. The molecule has 2 aromatic rings. The van der Waals surface area contributed by atoms with E-state index in [1.807, 2.05) is 12.1 Å². The standard InChI is InChI=1S/C19H23Cl2N3O/c1-14(2)23-8-3-9-24(11-10-23)19-7-5-16(13-22-19)25-15-4-6-17(20)18(21)12-15/h4-7,12-14H,3,8-11H2,1-2H3. The summed E-state index contributed by atoms with van der Waals surface area (Å²) in [4.78, 5) is 9.43. The van der Waals surface area contributed by atoms with Crippen LogP contribution in [0.4, 0.5) is 5.82 Å². The van der Waals surface area contributed by atoms with Gasteiger partial charge in [-0.1, -0.05) is 23.2 Å². The number of aromatic nitrogens is 1. The van der Waals surface area contributed by atoms with E-state index in [9.17, 15) is 0 Å². The van der Waals surface area contributed by atoms with Gasteiger partial charge in [0.15, 0.2) is 0 Å². The fraction of sp³-hybridized carbons (Fsp3) is 0.421. The van der Waals surface area contributed by atoms with Crippen LogP contribution in [0.5, 0.6) is 11.5 Å². The van der Waals surface area contributed by atoms with Gasteiger partial charge in [-0.05, 0) is 44.5 Å². The molecule has 1 aromatic carbocycles. The van der Waals surface area contributed by atoms with Crippen molar-refractivity contribution >= 4 is 29.0 Å². The quantitative estimate of drug-likeness (QED) is 0.738. The lowest BCUT2D eigenvalue weighted by molar-refractivity contribution is 0.238. The monoisotopic (exact) mass is 379 g/mol. The van der Waals surface area contributed by atoms with E-state index >= 15 is 0 Å². The van der Waals surface area contributed by atoms with Gasteiger partial charge in [0.25, 0.3) is 0 Å². The fourth-order valence-electron chi connectivity index (χ4n) is 2.98. The molecule has 25 heavy (non-hydrogen) atoms. The smallest absolute Gasteiger partial charge is 0.145 e. The predicted octanol–water partition coefficient (Wildman–Crippen LogP) is 5.10. The Kier molecular flexibility index (Phi) is 6.05. The molecule has 0 spiro atoms. The predicted molar refractivity (Wildman–Crippen MR) is 104 cm³/mol. The Hall–Kier alpha value is -1.49. The van der Waals surface area contributed by atoms with Crippen molar-refractivity contribution in [2.24, 2.45) is 0 Å². The zero-order valence-corrected chi connectivity index (χ0v) is 16.1. The van der Waals surface area contributed by atoms with Crippen molar-refractivity contribution < 1.29 is 4.74 Å². The molecular formula is C19H23Cl2N3O. The summed E-state index contributed by atoms with van der Waals surface area (Å²) in [6.45, 7) is 8.75. The number of rotatable bonds is 4. The average molecular weight is 380 g/mol. The van der Waals surface area contributed by atoms with Crippen molar-refractivity contribution in [2.45, 2.75) is 26.3 Å². The highest BCUT2D eigenvalue weighted by Gasteiger charge is 2.17. The highest BCUT2D eigenvalue weighted by atomic mass is 35.5. The van der Waals surface area contributed by atoms with Gasteiger partial charge >= 0.3 is 0 Å². The number of anilines is 1. The van der Waals surface area contributed by atoms with E-state index in [-0.39, 0.29) is 0 Å². The SMILES string of the molecule is CC(C)N1CCCN(c2ccc(Oc3ccc(Cl)c(Cl)c3)cn2)CC1. The van der Waals surface area contributed by atoms with Crippen LogP contribution in [-0.2, 0) is 0 Å². The van der Waals surface area contributed by atoms with E-state index in [1.54, 1.807) is 24.4 Å². The van der Waals surface area contributed by atoms with E-state index in [1.165, 1.54) is 0 Å². The topological polar surface area (TPSA) is 28.6 Å². The van der Waals surface area contributed by atoms with Gasteiger partial charge in [0, 0.05) is 38.3 Å². The first kappa shape index (κ1) is 18.3. The maximum Gasteiger partial charge on any atom is 0.145 e. The number of halogens is 2. The van der Waals surface area contributed by atoms with Gasteiger partial charge in [-0.3, -0.25) is 4.90 Å². The molecule has 0 atom stereocenters. The van der Waals surface area contributed by atoms with Crippen molar-refractivity contribution in [3.8, 4) is 11.5 Å². The highest BCUT2D eigenvalue weighted by molar-refractivity contribution is 6.42. The summed E-state index contributed by atoms with van der Waals surface area (Å²) in [7, 11) is 0. The van der Waals surface area contributed by atoms with Gasteiger partial charge in [0.05, 0.1) is 16.2 Å².